The molecule has 1 aliphatic heterocycles. The third-order valence-electron chi connectivity index (χ3n) is 4.46. The van der Waals surface area contributed by atoms with Crippen molar-refractivity contribution in [3.63, 3.8) is 0 Å². The van der Waals surface area contributed by atoms with Crippen LogP contribution in [0.15, 0.2) is 42.7 Å². The fourth-order valence-electron chi connectivity index (χ4n) is 3.14. The van der Waals surface area contributed by atoms with Crippen LogP contribution in [-0.2, 0) is 17.9 Å². The molecule has 2 aromatic rings. The second-order valence-electron chi connectivity index (χ2n) is 6.25. The van der Waals surface area contributed by atoms with E-state index >= 15 is 0 Å². The standard InChI is InChI=1S/C18H23FN4O/c19-16-7-5-15(6-8-16)12-20-18(24)14-22-10-2-1-4-17(22)13-23-11-3-9-21-23/h3,5-9,11,17H,1-2,4,10,12-14H2,(H,20,24). The summed E-state index contributed by atoms with van der Waals surface area (Å²) in [5.74, 6) is -0.258. The van der Waals surface area contributed by atoms with E-state index < -0.39 is 0 Å². The van der Waals surface area contributed by atoms with E-state index in [0.29, 0.717) is 19.1 Å². The van der Waals surface area contributed by atoms with Crippen molar-refractivity contribution in [2.45, 2.75) is 38.4 Å². The van der Waals surface area contributed by atoms with Gasteiger partial charge in [-0.15, -0.1) is 0 Å². The Labute approximate surface area is 141 Å². The third kappa shape index (κ3) is 4.64. The minimum atomic E-state index is -0.264. The number of nitrogens with one attached hydrogen (secondary N) is 1. The first-order valence-electron chi connectivity index (χ1n) is 8.43. The van der Waals surface area contributed by atoms with Crippen LogP contribution in [0, 0.1) is 5.82 Å². The molecular weight excluding hydrogens is 307 g/mol. The van der Waals surface area contributed by atoms with Gasteiger partial charge in [-0.3, -0.25) is 14.4 Å². The van der Waals surface area contributed by atoms with Crippen LogP contribution in [0.2, 0.25) is 0 Å². The number of likely N-dealkylation sites (tertiary alicyclic amines) is 1. The molecule has 0 radical (unpaired) electrons. The smallest absolute Gasteiger partial charge is 0.234 e. The number of rotatable bonds is 6. The van der Waals surface area contributed by atoms with Crippen LogP contribution in [0.1, 0.15) is 24.8 Å². The van der Waals surface area contributed by atoms with Gasteiger partial charge in [0.15, 0.2) is 0 Å². The van der Waals surface area contributed by atoms with Crippen LogP contribution in [0.25, 0.3) is 0 Å². The highest BCUT2D eigenvalue weighted by Crippen LogP contribution is 2.18. The van der Waals surface area contributed by atoms with Crippen LogP contribution >= 0.6 is 0 Å². The number of carbonyl (C=O) groups excluding carboxylic acids is 1. The van der Waals surface area contributed by atoms with Crippen molar-refractivity contribution < 1.29 is 9.18 Å². The molecule has 1 unspecified atom stereocenters. The predicted molar refractivity (Wildman–Crippen MR) is 89.7 cm³/mol. The summed E-state index contributed by atoms with van der Waals surface area (Å²) in [6.45, 7) is 2.58. The summed E-state index contributed by atoms with van der Waals surface area (Å²) in [5.41, 5.74) is 0.900. The van der Waals surface area contributed by atoms with Gasteiger partial charge < -0.3 is 5.32 Å². The quantitative estimate of drug-likeness (QED) is 0.883. The van der Waals surface area contributed by atoms with Gasteiger partial charge in [0.2, 0.25) is 5.91 Å². The van der Waals surface area contributed by atoms with Crippen molar-refractivity contribution in [1.29, 1.82) is 0 Å². The normalized spacial score (nSPS) is 18.5. The highest BCUT2D eigenvalue weighted by Gasteiger charge is 2.24. The van der Waals surface area contributed by atoms with Crippen LogP contribution in [0.3, 0.4) is 0 Å². The number of amides is 1. The number of hydrogen-bond acceptors (Lipinski definition) is 3. The average Bonchev–Trinajstić information content (AvgIpc) is 3.09. The van der Waals surface area contributed by atoms with Crippen LogP contribution in [0.4, 0.5) is 4.39 Å². The topological polar surface area (TPSA) is 50.2 Å². The maximum absolute atomic E-state index is 12.9. The Bertz CT molecular complexity index is 642. The highest BCUT2D eigenvalue weighted by molar-refractivity contribution is 5.78. The lowest BCUT2D eigenvalue weighted by Gasteiger charge is -2.35. The monoisotopic (exact) mass is 330 g/mol. The first kappa shape index (κ1) is 16.6. The van der Waals surface area contributed by atoms with E-state index in [1.807, 2.05) is 16.9 Å². The van der Waals surface area contributed by atoms with Gasteiger partial charge in [0.1, 0.15) is 5.82 Å². The van der Waals surface area contributed by atoms with Gasteiger partial charge in [-0.05, 0) is 43.1 Å². The first-order valence-corrected chi connectivity index (χ1v) is 8.43. The average molecular weight is 330 g/mol. The molecule has 0 saturated carbocycles. The van der Waals surface area contributed by atoms with Crippen molar-refractivity contribution in [3.8, 4) is 0 Å². The van der Waals surface area contributed by atoms with E-state index in [-0.39, 0.29) is 11.7 Å². The number of aromatic nitrogens is 2. The van der Waals surface area contributed by atoms with E-state index in [4.69, 9.17) is 0 Å². The summed E-state index contributed by atoms with van der Waals surface area (Å²) in [6, 6.07) is 8.46. The second kappa shape index (κ2) is 8.06. The van der Waals surface area contributed by atoms with E-state index in [1.54, 1.807) is 18.3 Å². The zero-order chi connectivity index (χ0) is 16.8. The Morgan fingerprint density at radius 2 is 2.12 bits per heavy atom. The molecule has 1 atom stereocenters. The molecule has 1 saturated heterocycles. The van der Waals surface area contributed by atoms with Crippen molar-refractivity contribution in [2.75, 3.05) is 13.1 Å². The molecule has 1 N–H and O–H groups in total. The molecule has 1 fully saturated rings. The molecule has 0 aliphatic carbocycles. The molecule has 1 aromatic carbocycles. The Morgan fingerprint density at radius 1 is 1.29 bits per heavy atom. The zero-order valence-corrected chi connectivity index (χ0v) is 13.7. The van der Waals surface area contributed by atoms with E-state index in [1.165, 1.54) is 18.6 Å². The molecule has 1 aromatic heterocycles. The number of nitrogens with zero attached hydrogens (tertiary/aromatic N) is 3. The lowest BCUT2D eigenvalue weighted by Crippen LogP contribution is -2.47. The van der Waals surface area contributed by atoms with Gasteiger partial charge in [0.25, 0.3) is 0 Å². The molecule has 2 heterocycles. The Kier molecular flexibility index (Phi) is 5.59. The maximum Gasteiger partial charge on any atom is 0.234 e. The van der Waals surface area contributed by atoms with Gasteiger partial charge >= 0.3 is 0 Å². The first-order chi connectivity index (χ1) is 11.7. The summed E-state index contributed by atoms with van der Waals surface area (Å²) in [5, 5.41) is 7.19. The van der Waals surface area contributed by atoms with Gasteiger partial charge in [-0.2, -0.15) is 5.10 Å². The maximum atomic E-state index is 12.9. The van der Waals surface area contributed by atoms with Crippen LogP contribution < -0.4 is 5.32 Å². The molecule has 3 rings (SSSR count). The molecule has 0 spiro atoms. The van der Waals surface area contributed by atoms with Gasteiger partial charge in [-0.25, -0.2) is 4.39 Å². The number of carbonyl (C=O) groups is 1. The second-order valence-corrected chi connectivity index (χ2v) is 6.25. The lowest BCUT2D eigenvalue weighted by atomic mass is 10.0. The minimum Gasteiger partial charge on any atom is -0.351 e. The van der Waals surface area contributed by atoms with Crippen molar-refractivity contribution in [1.82, 2.24) is 20.0 Å². The summed E-state index contributed by atoms with van der Waals surface area (Å²) >= 11 is 0. The summed E-state index contributed by atoms with van der Waals surface area (Å²) in [4.78, 5) is 14.5. The Hall–Kier alpha value is -2.21. The van der Waals surface area contributed by atoms with E-state index in [9.17, 15) is 9.18 Å². The fraction of sp³-hybridized carbons (Fsp3) is 0.444. The molecule has 6 heteroatoms. The number of hydrogen-bond donors (Lipinski definition) is 1. The Morgan fingerprint density at radius 3 is 2.88 bits per heavy atom. The summed E-state index contributed by atoms with van der Waals surface area (Å²) in [7, 11) is 0. The van der Waals surface area contributed by atoms with Crippen molar-refractivity contribution in [3.05, 3.63) is 54.1 Å². The molecule has 5 nitrogen and oxygen atoms in total. The summed E-state index contributed by atoms with van der Waals surface area (Å²) in [6.07, 6.45) is 7.15. The largest absolute Gasteiger partial charge is 0.351 e. The van der Waals surface area contributed by atoms with Crippen LogP contribution in [-0.4, -0.2) is 39.7 Å². The third-order valence-corrected chi connectivity index (χ3v) is 4.46. The molecule has 0 bridgehead atoms. The Balaban J connectivity index is 1.50. The molecule has 128 valence electrons. The van der Waals surface area contributed by atoms with E-state index in [0.717, 1.165) is 31.5 Å². The fourth-order valence-corrected chi connectivity index (χ4v) is 3.14. The summed E-state index contributed by atoms with van der Waals surface area (Å²) < 4.78 is 14.8. The van der Waals surface area contributed by atoms with Crippen molar-refractivity contribution in [2.24, 2.45) is 0 Å². The number of piperidine rings is 1. The zero-order valence-electron chi connectivity index (χ0n) is 13.7. The lowest BCUT2D eigenvalue weighted by molar-refractivity contribution is -0.123. The minimum absolute atomic E-state index is 0.00619. The number of halogens is 1. The van der Waals surface area contributed by atoms with Crippen LogP contribution in [0.5, 0.6) is 0 Å². The molecular formula is C18H23FN4O. The van der Waals surface area contributed by atoms with Gasteiger partial charge in [-0.1, -0.05) is 18.6 Å². The SMILES string of the molecule is O=C(CN1CCCCC1Cn1cccn1)NCc1ccc(F)cc1. The molecule has 1 amide bonds. The molecule has 1 aliphatic rings. The highest BCUT2D eigenvalue weighted by atomic mass is 19.1. The van der Waals surface area contributed by atoms with Gasteiger partial charge in [0, 0.05) is 25.0 Å². The van der Waals surface area contributed by atoms with Gasteiger partial charge in [0.05, 0.1) is 13.1 Å². The van der Waals surface area contributed by atoms with E-state index in [2.05, 4.69) is 15.3 Å². The molecule has 24 heavy (non-hydrogen) atoms. The van der Waals surface area contributed by atoms with Crippen molar-refractivity contribution >= 4 is 5.91 Å². The number of benzene rings is 1. The predicted octanol–water partition coefficient (Wildman–Crippen LogP) is 2.19.